The van der Waals surface area contributed by atoms with Crippen molar-refractivity contribution in [2.75, 3.05) is 12.3 Å². The van der Waals surface area contributed by atoms with Crippen LogP contribution in [0.1, 0.15) is 26.2 Å². The highest BCUT2D eigenvalue weighted by atomic mass is 32.2. The number of aliphatic carboxylic acids is 1. The molecule has 1 atom stereocenters. The van der Waals surface area contributed by atoms with Gasteiger partial charge >= 0.3 is 5.97 Å². The molecule has 0 spiro atoms. The van der Waals surface area contributed by atoms with Crippen LogP contribution in [-0.4, -0.2) is 37.0 Å². The number of nitrogens with two attached hydrogens (primary N) is 1. The van der Waals surface area contributed by atoms with Crippen molar-refractivity contribution in [3.63, 3.8) is 0 Å². The van der Waals surface area contributed by atoms with Crippen LogP contribution in [0.15, 0.2) is 0 Å². The maximum atomic E-state index is 11.4. The van der Waals surface area contributed by atoms with Crippen molar-refractivity contribution in [2.45, 2.75) is 31.4 Å². The summed E-state index contributed by atoms with van der Waals surface area (Å²) in [5.41, 5.74) is 5.10. The summed E-state index contributed by atoms with van der Waals surface area (Å²) in [6.45, 7) is 1.59. The summed E-state index contributed by atoms with van der Waals surface area (Å²) in [7, 11) is -3.57. The van der Waals surface area contributed by atoms with Crippen LogP contribution in [-0.2, 0) is 14.6 Å². The Labute approximate surface area is 84.2 Å². The molecule has 0 aliphatic rings. The molecule has 0 fully saturated rings. The normalized spacial score (nSPS) is 13.9. The lowest BCUT2D eigenvalue weighted by atomic mass is 10.3. The zero-order chi connectivity index (χ0) is 11.2. The Morgan fingerprint density at radius 2 is 2.00 bits per heavy atom. The maximum Gasteiger partial charge on any atom is 0.323 e. The Morgan fingerprint density at radius 3 is 2.36 bits per heavy atom. The Bertz CT molecular complexity index is 273. The zero-order valence-electron chi connectivity index (χ0n) is 8.27. The van der Waals surface area contributed by atoms with E-state index >= 15 is 0 Å². The first-order valence-electron chi connectivity index (χ1n) is 4.60. The average molecular weight is 223 g/mol. The average Bonchev–Trinajstić information content (AvgIpc) is 2.04. The number of hydrogen-bond donors (Lipinski definition) is 2. The molecule has 0 aliphatic heterocycles. The molecule has 0 amide bonds. The first-order chi connectivity index (χ1) is 6.45. The van der Waals surface area contributed by atoms with E-state index in [4.69, 9.17) is 10.8 Å². The van der Waals surface area contributed by atoms with Gasteiger partial charge in [-0.1, -0.05) is 19.8 Å². The molecule has 5 nitrogen and oxygen atoms in total. The summed E-state index contributed by atoms with van der Waals surface area (Å²) < 4.78 is 22.8. The van der Waals surface area contributed by atoms with E-state index in [0.717, 1.165) is 12.8 Å². The SMILES string of the molecule is CCCCCS(=O)(=O)C(CN)C(=O)O. The van der Waals surface area contributed by atoms with Gasteiger partial charge in [-0.05, 0) is 6.42 Å². The van der Waals surface area contributed by atoms with Crippen molar-refractivity contribution in [2.24, 2.45) is 5.73 Å². The minimum Gasteiger partial charge on any atom is -0.480 e. The summed E-state index contributed by atoms with van der Waals surface area (Å²) in [6.07, 6.45) is 2.19. The van der Waals surface area contributed by atoms with E-state index in [2.05, 4.69) is 0 Å². The Morgan fingerprint density at radius 1 is 1.43 bits per heavy atom. The van der Waals surface area contributed by atoms with Crippen LogP contribution in [0, 0.1) is 0 Å². The van der Waals surface area contributed by atoms with Crippen LogP contribution in [0.25, 0.3) is 0 Å². The third-order valence-corrected chi connectivity index (χ3v) is 4.07. The van der Waals surface area contributed by atoms with Crippen molar-refractivity contribution in [1.29, 1.82) is 0 Å². The van der Waals surface area contributed by atoms with Gasteiger partial charge in [0.25, 0.3) is 0 Å². The lowest BCUT2D eigenvalue weighted by Gasteiger charge is -2.10. The summed E-state index contributed by atoms with van der Waals surface area (Å²) in [5, 5.41) is 7.16. The number of sulfone groups is 1. The number of carboxylic acid groups (broad SMARTS) is 1. The van der Waals surface area contributed by atoms with Gasteiger partial charge in [-0.25, -0.2) is 8.42 Å². The van der Waals surface area contributed by atoms with E-state index in [-0.39, 0.29) is 12.3 Å². The molecule has 0 heterocycles. The fourth-order valence-electron chi connectivity index (χ4n) is 1.10. The van der Waals surface area contributed by atoms with Gasteiger partial charge in [0.2, 0.25) is 0 Å². The minimum absolute atomic E-state index is 0.0883. The summed E-state index contributed by atoms with van der Waals surface area (Å²) >= 11 is 0. The second kappa shape index (κ2) is 5.98. The minimum atomic E-state index is -3.57. The molecule has 14 heavy (non-hydrogen) atoms. The van der Waals surface area contributed by atoms with Gasteiger partial charge in [-0.3, -0.25) is 4.79 Å². The molecule has 0 saturated heterocycles. The van der Waals surface area contributed by atoms with E-state index in [9.17, 15) is 13.2 Å². The third-order valence-electron chi connectivity index (χ3n) is 1.96. The fraction of sp³-hybridized carbons (Fsp3) is 0.875. The predicted octanol–water partition coefficient (Wildman–Crippen LogP) is 0.00330. The molecule has 0 radical (unpaired) electrons. The van der Waals surface area contributed by atoms with Crippen LogP contribution in [0.2, 0.25) is 0 Å². The van der Waals surface area contributed by atoms with Crippen LogP contribution in [0.4, 0.5) is 0 Å². The molecular weight excluding hydrogens is 206 g/mol. The first kappa shape index (κ1) is 13.4. The van der Waals surface area contributed by atoms with Gasteiger partial charge in [-0.2, -0.15) is 0 Å². The van der Waals surface area contributed by atoms with Gasteiger partial charge < -0.3 is 10.8 Å². The van der Waals surface area contributed by atoms with Crippen LogP contribution in [0.3, 0.4) is 0 Å². The molecule has 0 bridgehead atoms. The Kier molecular flexibility index (Phi) is 5.71. The predicted molar refractivity (Wildman–Crippen MR) is 53.8 cm³/mol. The topological polar surface area (TPSA) is 97.5 Å². The standard InChI is InChI=1S/C8H17NO4S/c1-2-3-4-5-14(12,13)7(6-9)8(10)11/h7H,2-6,9H2,1H3,(H,10,11). The summed E-state index contributed by atoms with van der Waals surface area (Å²) in [5.74, 6) is -1.45. The highest BCUT2D eigenvalue weighted by Crippen LogP contribution is 2.06. The lowest BCUT2D eigenvalue weighted by Crippen LogP contribution is -2.38. The molecule has 6 heteroatoms. The van der Waals surface area contributed by atoms with Gasteiger partial charge in [0, 0.05) is 6.54 Å². The highest BCUT2D eigenvalue weighted by Gasteiger charge is 2.30. The van der Waals surface area contributed by atoms with Crippen LogP contribution < -0.4 is 5.73 Å². The molecule has 84 valence electrons. The molecular formula is C8H17NO4S. The largest absolute Gasteiger partial charge is 0.480 e. The molecule has 1 unspecified atom stereocenters. The Hall–Kier alpha value is -0.620. The first-order valence-corrected chi connectivity index (χ1v) is 6.31. The highest BCUT2D eigenvalue weighted by molar-refractivity contribution is 7.92. The molecule has 0 aromatic carbocycles. The van der Waals surface area contributed by atoms with Gasteiger partial charge in [-0.15, -0.1) is 0 Å². The number of rotatable bonds is 7. The van der Waals surface area contributed by atoms with Crippen LogP contribution in [0.5, 0.6) is 0 Å². The van der Waals surface area contributed by atoms with Crippen molar-refractivity contribution >= 4 is 15.8 Å². The quantitative estimate of drug-likeness (QED) is 0.592. The zero-order valence-corrected chi connectivity index (χ0v) is 9.09. The van der Waals surface area contributed by atoms with E-state index in [1.54, 1.807) is 0 Å². The van der Waals surface area contributed by atoms with Crippen molar-refractivity contribution in [3.05, 3.63) is 0 Å². The maximum absolute atomic E-state index is 11.4. The Balaban J connectivity index is 4.35. The number of unbranched alkanes of at least 4 members (excludes halogenated alkanes) is 2. The fourth-order valence-corrected chi connectivity index (χ4v) is 2.59. The van der Waals surface area contributed by atoms with Crippen molar-refractivity contribution in [1.82, 2.24) is 0 Å². The van der Waals surface area contributed by atoms with Crippen molar-refractivity contribution < 1.29 is 18.3 Å². The molecule has 0 aromatic heterocycles. The number of carboxylic acids is 1. The lowest BCUT2D eigenvalue weighted by molar-refractivity contribution is -0.136. The molecule has 0 aliphatic carbocycles. The number of carbonyl (C=O) groups is 1. The molecule has 0 saturated carbocycles. The van der Waals surface area contributed by atoms with E-state index in [1.807, 2.05) is 6.92 Å². The summed E-state index contributed by atoms with van der Waals surface area (Å²) in [6, 6.07) is 0. The van der Waals surface area contributed by atoms with Gasteiger partial charge in [0.05, 0.1) is 5.75 Å². The molecule has 0 rings (SSSR count). The van der Waals surface area contributed by atoms with Gasteiger partial charge in [0.1, 0.15) is 0 Å². The third kappa shape index (κ3) is 4.06. The monoisotopic (exact) mass is 223 g/mol. The number of hydrogen-bond acceptors (Lipinski definition) is 4. The van der Waals surface area contributed by atoms with E-state index in [0.29, 0.717) is 6.42 Å². The van der Waals surface area contributed by atoms with Gasteiger partial charge in [0.15, 0.2) is 15.1 Å². The second-order valence-electron chi connectivity index (χ2n) is 3.14. The second-order valence-corrected chi connectivity index (χ2v) is 5.44. The van der Waals surface area contributed by atoms with E-state index in [1.165, 1.54) is 0 Å². The smallest absolute Gasteiger partial charge is 0.323 e. The van der Waals surface area contributed by atoms with E-state index < -0.39 is 21.1 Å². The summed E-state index contributed by atoms with van der Waals surface area (Å²) in [4.78, 5) is 10.6. The van der Waals surface area contributed by atoms with Crippen LogP contribution >= 0.6 is 0 Å². The molecule has 0 aromatic rings. The van der Waals surface area contributed by atoms with Crippen molar-refractivity contribution in [3.8, 4) is 0 Å². The molecule has 3 N–H and O–H groups in total.